The van der Waals surface area contributed by atoms with Gasteiger partial charge in [-0.15, -0.1) is 0 Å². The Morgan fingerprint density at radius 1 is 0.586 bits per heavy atom. The van der Waals surface area contributed by atoms with Crippen LogP contribution in [0.4, 0.5) is 0 Å². The zero-order valence-corrected chi connectivity index (χ0v) is 18.6. The van der Waals surface area contributed by atoms with Gasteiger partial charge in [-0.25, -0.2) is 0 Å². The summed E-state index contributed by atoms with van der Waals surface area (Å²) in [6.45, 7) is 11.1. The number of rotatable bonds is 6. The molecule has 0 saturated carbocycles. The highest BCUT2D eigenvalue weighted by molar-refractivity contribution is 7.49. The molecule has 0 aliphatic heterocycles. The average Bonchev–Trinajstić information content (AvgIpc) is 2.69. The third-order valence-corrected chi connectivity index (χ3v) is 5.98. The smallest absolute Gasteiger partial charge is 0.385 e. The van der Waals surface area contributed by atoms with Crippen molar-refractivity contribution in [1.29, 1.82) is 0 Å². The Labute approximate surface area is 174 Å². The first-order chi connectivity index (χ1) is 14.1. The van der Waals surface area contributed by atoms with Gasteiger partial charge in [0.2, 0.25) is 0 Å². The third kappa shape index (κ3) is 4.65. The van der Waals surface area contributed by atoms with Crippen LogP contribution in [0.5, 0.6) is 17.2 Å². The van der Waals surface area contributed by atoms with E-state index in [1.807, 2.05) is 71.0 Å². The maximum Gasteiger partial charge on any atom is 0.647 e. The third-order valence-electron chi connectivity index (χ3n) is 4.76. The van der Waals surface area contributed by atoms with Crippen LogP contribution in [0, 0.1) is 41.5 Å². The first-order valence-corrected chi connectivity index (χ1v) is 11.0. The molecule has 3 rings (SSSR count). The lowest BCUT2D eigenvalue weighted by atomic mass is 10.1. The molecule has 0 N–H and O–H groups in total. The van der Waals surface area contributed by atoms with E-state index in [0.717, 1.165) is 27.8 Å². The Kier molecular flexibility index (Phi) is 5.64. The zero-order chi connectivity index (χ0) is 22.1. The van der Waals surface area contributed by atoms with Crippen LogP contribution in [-0.4, -0.2) is 0 Å². The highest BCUT2D eigenvalue weighted by Crippen LogP contribution is 2.53. The van der Waals surface area contributed by atoms with Crippen molar-refractivity contribution in [2.24, 2.45) is 0 Å². The maximum atomic E-state index is 14.0. The van der Waals surface area contributed by atoms with Crippen molar-refractivity contribution >= 4 is 7.82 Å². The Morgan fingerprint density at radius 3 is 1.28 bits per heavy atom. The molecule has 0 fully saturated rings. The molecule has 0 saturated heterocycles. The van der Waals surface area contributed by atoms with Gasteiger partial charge in [0.25, 0.3) is 0 Å². The first-order valence-electron chi connectivity index (χ1n) is 9.99. The molecular formula is C24H27O4P. The number of benzene rings is 3. The maximum absolute atomic E-state index is 14.0. The van der Waals surface area contributed by atoms with Crippen molar-refractivity contribution in [3.8, 4) is 17.2 Å². The second kappa shape index (κ2) is 8.34. The molecule has 0 unspecified atom stereocenters. The molecule has 152 valence electrons. The van der Waals surface area contributed by atoms with Gasteiger partial charge in [-0.2, -0.15) is 4.57 Å². The molecule has 5 heteroatoms. The van der Waals surface area contributed by atoms with Gasteiger partial charge in [0.15, 0.2) is 0 Å². The molecule has 3 aromatic carbocycles. The molecule has 0 spiro atoms. The van der Waals surface area contributed by atoms with Crippen molar-refractivity contribution in [1.82, 2.24) is 0 Å². The lowest BCUT2D eigenvalue weighted by molar-refractivity contribution is 0.294. The molecule has 0 bridgehead atoms. The van der Waals surface area contributed by atoms with Crippen LogP contribution in [0.2, 0.25) is 0 Å². The van der Waals surface area contributed by atoms with Crippen molar-refractivity contribution in [2.45, 2.75) is 41.5 Å². The molecule has 0 aliphatic carbocycles. The Bertz CT molecular complexity index is 1040. The summed E-state index contributed by atoms with van der Waals surface area (Å²) in [5.41, 5.74) is 4.63. The van der Waals surface area contributed by atoms with E-state index in [1.54, 1.807) is 19.1 Å². The molecule has 0 heterocycles. The molecule has 0 amide bonds. The number of phosphoric acid groups is 1. The van der Waals surface area contributed by atoms with E-state index in [-0.39, 0.29) is 0 Å². The van der Waals surface area contributed by atoms with E-state index in [0.29, 0.717) is 28.9 Å². The van der Waals surface area contributed by atoms with Crippen molar-refractivity contribution in [3.63, 3.8) is 0 Å². The summed E-state index contributed by atoms with van der Waals surface area (Å²) in [5.74, 6) is 1.26. The van der Waals surface area contributed by atoms with E-state index in [2.05, 4.69) is 0 Å². The summed E-state index contributed by atoms with van der Waals surface area (Å²) in [4.78, 5) is 0. The normalized spacial score (nSPS) is 11.7. The second-order valence-electron chi connectivity index (χ2n) is 7.28. The van der Waals surface area contributed by atoms with E-state index in [4.69, 9.17) is 14.9 Å². The van der Waals surface area contributed by atoms with Gasteiger partial charge in [-0.3, -0.25) is 0 Å². The van der Waals surface area contributed by atoms with Gasteiger partial charge in [0, 0.05) is 0 Å². The minimum Gasteiger partial charge on any atom is -0.385 e. The van der Waals surface area contributed by atoms with Crippen LogP contribution in [0.25, 0.3) is 0 Å². The number of aryl methyl sites for hydroxylation is 5. The summed E-state index contributed by atoms with van der Waals surface area (Å²) in [7, 11) is -4.15. The van der Waals surface area contributed by atoms with Gasteiger partial charge in [0.1, 0.15) is 17.2 Å². The van der Waals surface area contributed by atoms with Crippen LogP contribution in [0.15, 0.2) is 54.6 Å². The van der Waals surface area contributed by atoms with Gasteiger partial charge < -0.3 is 13.6 Å². The Morgan fingerprint density at radius 2 is 0.897 bits per heavy atom. The lowest BCUT2D eigenvalue weighted by Gasteiger charge is -2.24. The molecule has 29 heavy (non-hydrogen) atoms. The van der Waals surface area contributed by atoms with Crippen LogP contribution < -0.4 is 13.6 Å². The van der Waals surface area contributed by atoms with E-state index >= 15 is 0 Å². The molecule has 4 nitrogen and oxygen atoms in total. The van der Waals surface area contributed by atoms with Crippen molar-refractivity contribution < 1.29 is 19.5 Å². The lowest BCUT2D eigenvalue weighted by Crippen LogP contribution is -2.11. The number of phosphoric ester groups is 1. The fourth-order valence-corrected chi connectivity index (χ4v) is 4.79. The van der Waals surface area contributed by atoms with Crippen LogP contribution >= 0.6 is 7.82 Å². The van der Waals surface area contributed by atoms with Crippen LogP contribution in [0.3, 0.4) is 0 Å². The number of hydrogen-bond donors (Lipinski definition) is 0. The summed E-state index contributed by atoms with van der Waals surface area (Å²) in [6, 6.07) is 15.1. The summed E-state index contributed by atoms with van der Waals surface area (Å²) >= 11 is 0. The van der Waals surface area contributed by atoms with Gasteiger partial charge in [0.05, 0.1) is 1.37 Å². The molecule has 0 aliphatic rings. The SMILES string of the molecule is [2H]c1ccc(C)c(OP(=O)(Oc2c(C)cccc2C)Oc2c(C)cccc2C)c1C. The molecule has 0 atom stereocenters. The summed E-state index contributed by atoms with van der Waals surface area (Å²) in [6.07, 6.45) is 0. The highest BCUT2D eigenvalue weighted by atomic mass is 31.2. The Balaban J connectivity index is 2.11. The van der Waals surface area contributed by atoms with E-state index < -0.39 is 7.82 Å². The zero-order valence-electron chi connectivity index (χ0n) is 18.7. The predicted octanol–water partition coefficient (Wildman–Crippen LogP) is 7.18. The minimum atomic E-state index is -4.15. The van der Waals surface area contributed by atoms with Gasteiger partial charge in [-0.05, 0) is 74.9 Å². The number of para-hydroxylation sites is 3. The van der Waals surface area contributed by atoms with E-state index in [9.17, 15) is 4.57 Å². The van der Waals surface area contributed by atoms with Crippen LogP contribution in [-0.2, 0) is 4.57 Å². The minimum absolute atomic E-state index is 0.293. The molecule has 0 radical (unpaired) electrons. The second-order valence-corrected chi connectivity index (χ2v) is 8.72. The van der Waals surface area contributed by atoms with Crippen molar-refractivity contribution in [3.05, 3.63) is 88.0 Å². The largest absolute Gasteiger partial charge is 0.647 e. The Hall–Kier alpha value is -2.71. The molecular weight excluding hydrogens is 383 g/mol. The number of hydrogen-bond acceptors (Lipinski definition) is 4. The van der Waals surface area contributed by atoms with Gasteiger partial charge in [-0.1, -0.05) is 54.6 Å². The average molecular weight is 411 g/mol. The monoisotopic (exact) mass is 411 g/mol. The standard InChI is InChI=1S/C24H27O4P/c1-16-10-7-11-17(2)22(16)26-29(25,27-23-18(3)12-8-13-19(23)4)28-24-20(5)14-9-15-21(24)6/h7-15H,1-6H3/i10D. The fourth-order valence-electron chi connectivity index (χ4n) is 3.15. The molecule has 0 aromatic heterocycles. The molecule has 3 aromatic rings. The topological polar surface area (TPSA) is 44.8 Å². The summed E-state index contributed by atoms with van der Waals surface area (Å²) in [5, 5.41) is 0. The summed E-state index contributed by atoms with van der Waals surface area (Å²) < 4.78 is 40.0. The first kappa shape index (κ1) is 19.6. The quantitative estimate of drug-likeness (QED) is 0.403. The van der Waals surface area contributed by atoms with Crippen LogP contribution in [0.1, 0.15) is 34.8 Å². The highest BCUT2D eigenvalue weighted by Gasteiger charge is 2.36. The van der Waals surface area contributed by atoms with Gasteiger partial charge >= 0.3 is 7.82 Å². The predicted molar refractivity (Wildman–Crippen MR) is 117 cm³/mol. The fraction of sp³-hybridized carbons (Fsp3) is 0.250. The van der Waals surface area contributed by atoms with Crippen molar-refractivity contribution in [2.75, 3.05) is 0 Å². The van der Waals surface area contributed by atoms with E-state index in [1.165, 1.54) is 0 Å².